The molecule has 6 nitrogen and oxygen atoms in total. The van der Waals surface area contributed by atoms with E-state index in [1.807, 2.05) is 53.3 Å². The number of rotatable bonds is 6. The maximum Gasteiger partial charge on any atom is 0.337 e. The van der Waals surface area contributed by atoms with Gasteiger partial charge in [-0.3, -0.25) is 9.48 Å². The van der Waals surface area contributed by atoms with Gasteiger partial charge in [0.25, 0.3) is 5.91 Å². The summed E-state index contributed by atoms with van der Waals surface area (Å²) in [6.45, 7) is 0.644. The van der Waals surface area contributed by atoms with Gasteiger partial charge in [0.15, 0.2) is 0 Å². The predicted molar refractivity (Wildman–Crippen MR) is 119 cm³/mol. The number of amides is 1. The minimum Gasteiger partial charge on any atom is -0.465 e. The zero-order valence-corrected chi connectivity index (χ0v) is 17.3. The smallest absolute Gasteiger partial charge is 0.337 e. The number of halogens is 1. The number of hydrogen-bond donors (Lipinski definition) is 1. The van der Waals surface area contributed by atoms with E-state index in [1.54, 1.807) is 18.3 Å². The van der Waals surface area contributed by atoms with Gasteiger partial charge in [-0.15, -0.1) is 0 Å². The second kappa shape index (κ2) is 9.26. The number of nitrogens with one attached hydrogen (secondary N) is 1. The second-order valence-corrected chi connectivity index (χ2v) is 7.09. The Labute approximate surface area is 184 Å². The highest BCUT2D eigenvalue weighted by Crippen LogP contribution is 2.26. The largest absolute Gasteiger partial charge is 0.465 e. The van der Waals surface area contributed by atoms with Gasteiger partial charge in [0.2, 0.25) is 0 Å². The Balaban J connectivity index is 1.58. The zero-order chi connectivity index (χ0) is 22.5. The van der Waals surface area contributed by atoms with Crippen LogP contribution in [0.2, 0.25) is 0 Å². The molecule has 7 heteroatoms. The molecule has 160 valence electrons. The molecule has 4 aromatic rings. The molecule has 0 bridgehead atoms. The highest BCUT2D eigenvalue weighted by atomic mass is 19.1. The standard InChI is InChI=1S/C25H20FN3O3/c1-32-25(31)19-11-12-22(26)23(15-19)28-24(30)21-6-3-2-5-20(21)18-9-7-17(8-10-18)16-29-14-4-13-27-29/h2-15H,16H2,1H3,(H,28,30). The van der Waals surface area contributed by atoms with Crippen molar-refractivity contribution in [2.75, 3.05) is 12.4 Å². The Hall–Kier alpha value is -4.26. The lowest BCUT2D eigenvalue weighted by Gasteiger charge is -2.12. The number of benzene rings is 3. The molecular weight excluding hydrogens is 409 g/mol. The topological polar surface area (TPSA) is 73.2 Å². The highest BCUT2D eigenvalue weighted by Gasteiger charge is 2.16. The van der Waals surface area contributed by atoms with Gasteiger partial charge >= 0.3 is 5.97 Å². The first-order chi connectivity index (χ1) is 15.5. The Morgan fingerprint density at radius 3 is 2.53 bits per heavy atom. The van der Waals surface area contributed by atoms with Gasteiger partial charge < -0.3 is 10.1 Å². The van der Waals surface area contributed by atoms with Crippen LogP contribution in [0.5, 0.6) is 0 Å². The monoisotopic (exact) mass is 429 g/mol. The number of esters is 1. The van der Waals surface area contributed by atoms with E-state index in [-0.39, 0.29) is 11.3 Å². The van der Waals surface area contributed by atoms with Crippen LogP contribution >= 0.6 is 0 Å². The van der Waals surface area contributed by atoms with Gasteiger partial charge in [0.05, 0.1) is 24.9 Å². The molecule has 1 aromatic heterocycles. The summed E-state index contributed by atoms with van der Waals surface area (Å²) in [5.74, 6) is -1.75. The Morgan fingerprint density at radius 2 is 1.81 bits per heavy atom. The lowest BCUT2D eigenvalue weighted by molar-refractivity contribution is 0.0600. The first-order valence-electron chi connectivity index (χ1n) is 9.90. The van der Waals surface area contributed by atoms with Gasteiger partial charge in [-0.25, -0.2) is 9.18 Å². The lowest BCUT2D eigenvalue weighted by Crippen LogP contribution is -2.15. The summed E-state index contributed by atoms with van der Waals surface area (Å²) in [6.07, 6.45) is 3.62. The van der Waals surface area contributed by atoms with Crippen molar-refractivity contribution < 1.29 is 18.7 Å². The van der Waals surface area contributed by atoms with Gasteiger partial charge in [-0.05, 0) is 47.0 Å². The molecule has 0 aliphatic rings. The van der Waals surface area contributed by atoms with Crippen LogP contribution < -0.4 is 5.32 Å². The van der Waals surface area contributed by atoms with E-state index in [2.05, 4.69) is 15.2 Å². The van der Waals surface area contributed by atoms with E-state index in [1.165, 1.54) is 19.2 Å². The molecule has 1 heterocycles. The van der Waals surface area contributed by atoms with E-state index in [9.17, 15) is 14.0 Å². The van der Waals surface area contributed by atoms with Crippen LogP contribution in [0.25, 0.3) is 11.1 Å². The first kappa shape index (κ1) is 21.0. The number of carbonyl (C=O) groups excluding carboxylic acids is 2. The summed E-state index contributed by atoms with van der Waals surface area (Å²) < 4.78 is 20.7. The van der Waals surface area contributed by atoms with Crippen LogP contribution in [-0.4, -0.2) is 28.8 Å². The number of nitrogens with zero attached hydrogens (tertiary/aromatic N) is 2. The van der Waals surface area contributed by atoms with Gasteiger partial charge in [-0.2, -0.15) is 5.10 Å². The number of ether oxygens (including phenoxy) is 1. The summed E-state index contributed by atoms with van der Waals surface area (Å²) in [6, 6.07) is 20.4. The van der Waals surface area contributed by atoms with Crippen molar-refractivity contribution in [3.8, 4) is 11.1 Å². The third kappa shape index (κ3) is 4.57. The van der Waals surface area contributed by atoms with Gasteiger partial charge in [0.1, 0.15) is 5.82 Å². The fourth-order valence-corrected chi connectivity index (χ4v) is 3.36. The molecule has 0 saturated heterocycles. The van der Waals surface area contributed by atoms with Gasteiger partial charge in [-0.1, -0.05) is 42.5 Å². The molecule has 32 heavy (non-hydrogen) atoms. The van der Waals surface area contributed by atoms with E-state index < -0.39 is 17.7 Å². The molecule has 0 radical (unpaired) electrons. The third-order valence-electron chi connectivity index (χ3n) is 4.98. The molecule has 0 spiro atoms. The predicted octanol–water partition coefficient (Wildman–Crippen LogP) is 4.78. The lowest BCUT2D eigenvalue weighted by atomic mass is 9.98. The molecule has 0 aliphatic carbocycles. The minimum absolute atomic E-state index is 0.0951. The van der Waals surface area contributed by atoms with E-state index in [0.29, 0.717) is 17.7 Å². The average molecular weight is 429 g/mol. The number of carbonyl (C=O) groups is 2. The van der Waals surface area contributed by atoms with Crippen molar-refractivity contribution in [1.29, 1.82) is 0 Å². The third-order valence-corrected chi connectivity index (χ3v) is 4.98. The molecule has 4 rings (SSSR count). The molecule has 0 aliphatic heterocycles. The molecule has 1 N–H and O–H groups in total. The molecule has 0 atom stereocenters. The number of anilines is 1. The summed E-state index contributed by atoms with van der Waals surface area (Å²) >= 11 is 0. The second-order valence-electron chi connectivity index (χ2n) is 7.09. The SMILES string of the molecule is COC(=O)c1ccc(F)c(NC(=O)c2ccccc2-c2ccc(Cn3cccn3)cc2)c1. The fourth-order valence-electron chi connectivity index (χ4n) is 3.36. The van der Waals surface area contributed by atoms with Crippen LogP contribution in [0.4, 0.5) is 10.1 Å². The van der Waals surface area contributed by atoms with Crippen LogP contribution in [0.3, 0.4) is 0 Å². The normalized spacial score (nSPS) is 10.6. The van der Waals surface area contributed by atoms with E-state index >= 15 is 0 Å². The zero-order valence-electron chi connectivity index (χ0n) is 17.3. The molecule has 0 unspecified atom stereocenters. The van der Waals surface area contributed by atoms with Crippen molar-refractivity contribution in [2.45, 2.75) is 6.54 Å². The van der Waals surface area contributed by atoms with Crippen molar-refractivity contribution in [3.05, 3.63) is 108 Å². The molecule has 0 fully saturated rings. The minimum atomic E-state index is -0.647. The molecule has 1 amide bonds. The maximum atomic E-state index is 14.3. The maximum absolute atomic E-state index is 14.3. The summed E-state index contributed by atoms with van der Waals surface area (Å²) in [5, 5.41) is 6.77. The number of hydrogen-bond acceptors (Lipinski definition) is 4. The van der Waals surface area contributed by atoms with Crippen LogP contribution in [0.1, 0.15) is 26.3 Å². The van der Waals surface area contributed by atoms with Crippen molar-refractivity contribution >= 4 is 17.6 Å². The van der Waals surface area contributed by atoms with Crippen LogP contribution in [-0.2, 0) is 11.3 Å². The van der Waals surface area contributed by atoms with Crippen molar-refractivity contribution in [3.63, 3.8) is 0 Å². The Kier molecular flexibility index (Phi) is 6.07. The molecule has 0 saturated carbocycles. The Morgan fingerprint density at radius 1 is 1.03 bits per heavy atom. The number of aromatic nitrogens is 2. The molecule has 3 aromatic carbocycles. The van der Waals surface area contributed by atoms with Crippen molar-refractivity contribution in [1.82, 2.24) is 9.78 Å². The first-order valence-corrected chi connectivity index (χ1v) is 9.90. The van der Waals surface area contributed by atoms with Crippen molar-refractivity contribution in [2.24, 2.45) is 0 Å². The van der Waals surface area contributed by atoms with Crippen LogP contribution in [0.15, 0.2) is 85.2 Å². The molecular formula is C25H20FN3O3. The van der Waals surface area contributed by atoms with Gasteiger partial charge in [0, 0.05) is 18.0 Å². The number of methoxy groups -OCH3 is 1. The summed E-state index contributed by atoms with van der Waals surface area (Å²) in [7, 11) is 1.24. The van der Waals surface area contributed by atoms with E-state index in [4.69, 9.17) is 0 Å². The fraction of sp³-hybridized carbons (Fsp3) is 0.0800. The van der Waals surface area contributed by atoms with E-state index in [0.717, 1.165) is 17.2 Å². The average Bonchev–Trinajstić information content (AvgIpc) is 3.33. The quantitative estimate of drug-likeness (QED) is 0.448. The van der Waals surface area contributed by atoms with Crippen LogP contribution in [0, 0.1) is 5.82 Å². The highest BCUT2D eigenvalue weighted by molar-refractivity contribution is 6.09. The Bertz CT molecular complexity index is 1250. The summed E-state index contributed by atoms with van der Waals surface area (Å²) in [5.41, 5.74) is 3.06. The summed E-state index contributed by atoms with van der Waals surface area (Å²) in [4.78, 5) is 24.7.